The van der Waals surface area contributed by atoms with Crippen LogP contribution in [0.5, 0.6) is 0 Å². The van der Waals surface area contributed by atoms with Gasteiger partial charge in [0.1, 0.15) is 11.4 Å². The summed E-state index contributed by atoms with van der Waals surface area (Å²) in [4.78, 5) is 40.5. The van der Waals surface area contributed by atoms with E-state index >= 15 is 0 Å². The fourth-order valence-electron chi connectivity index (χ4n) is 3.71. The number of nitrogens with one attached hydrogen (secondary N) is 1. The fourth-order valence-corrected chi connectivity index (χ4v) is 4.00. The highest BCUT2D eigenvalue weighted by Crippen LogP contribution is 2.31. The number of hydrogen-bond donors (Lipinski definition) is 1. The second-order valence-corrected chi connectivity index (χ2v) is 8.23. The van der Waals surface area contributed by atoms with Crippen LogP contribution in [-0.2, 0) is 9.59 Å². The number of urea groups is 1. The van der Waals surface area contributed by atoms with Gasteiger partial charge in [0, 0.05) is 13.1 Å². The Kier molecular flexibility index (Phi) is 5.73. The summed E-state index contributed by atoms with van der Waals surface area (Å²) in [6.07, 6.45) is 3.32. The Hall–Kier alpha value is -2.90. The van der Waals surface area contributed by atoms with E-state index in [0.717, 1.165) is 30.8 Å². The van der Waals surface area contributed by atoms with Crippen LogP contribution in [0.25, 0.3) is 6.08 Å². The minimum atomic E-state index is -0.905. The van der Waals surface area contributed by atoms with Crippen LogP contribution in [0.3, 0.4) is 0 Å². The van der Waals surface area contributed by atoms with Gasteiger partial charge in [-0.25, -0.2) is 14.1 Å². The molecule has 1 N–H and O–H groups in total. The van der Waals surface area contributed by atoms with Crippen molar-refractivity contribution in [3.63, 3.8) is 0 Å². The fraction of sp³-hybridized carbons (Fsp3) is 0.227. The van der Waals surface area contributed by atoms with Gasteiger partial charge in [-0.1, -0.05) is 23.2 Å². The highest BCUT2D eigenvalue weighted by atomic mass is 35.5. The van der Waals surface area contributed by atoms with Crippen molar-refractivity contribution < 1.29 is 18.8 Å². The van der Waals surface area contributed by atoms with E-state index in [9.17, 15) is 18.8 Å². The zero-order valence-corrected chi connectivity index (χ0v) is 18.1. The Morgan fingerprint density at radius 3 is 2.42 bits per heavy atom. The number of rotatable bonds is 3. The molecule has 9 heteroatoms. The van der Waals surface area contributed by atoms with Gasteiger partial charge in [-0.15, -0.1) is 0 Å². The topological polar surface area (TPSA) is 69.7 Å². The summed E-state index contributed by atoms with van der Waals surface area (Å²) in [6.45, 7) is 3.36. The number of amides is 4. The number of barbiturate groups is 1. The van der Waals surface area contributed by atoms with Crippen molar-refractivity contribution >= 4 is 58.5 Å². The number of nitrogens with zero attached hydrogens (tertiary/aromatic N) is 2. The Labute approximate surface area is 188 Å². The van der Waals surface area contributed by atoms with Gasteiger partial charge in [-0.2, -0.15) is 0 Å². The van der Waals surface area contributed by atoms with Gasteiger partial charge >= 0.3 is 6.03 Å². The molecule has 0 spiro atoms. The molecule has 0 saturated carbocycles. The van der Waals surface area contributed by atoms with Crippen LogP contribution in [-0.4, -0.2) is 30.9 Å². The monoisotopic (exact) mass is 461 g/mol. The lowest BCUT2D eigenvalue weighted by Crippen LogP contribution is -2.54. The Morgan fingerprint density at radius 1 is 1.03 bits per heavy atom. The number of halogens is 3. The number of carbonyl (C=O) groups excluding carboxylic acids is 3. The number of anilines is 2. The molecule has 4 rings (SSSR count). The third-order valence-corrected chi connectivity index (χ3v) is 6.08. The van der Waals surface area contributed by atoms with Crippen molar-refractivity contribution in [3.8, 4) is 0 Å². The Balaban J connectivity index is 1.71. The molecule has 2 aromatic carbocycles. The molecule has 2 aromatic rings. The van der Waals surface area contributed by atoms with Crippen molar-refractivity contribution in [1.82, 2.24) is 5.32 Å². The van der Waals surface area contributed by atoms with E-state index in [1.165, 1.54) is 30.3 Å². The van der Waals surface area contributed by atoms with Crippen LogP contribution in [0.4, 0.5) is 20.6 Å². The first-order valence-electron chi connectivity index (χ1n) is 9.68. The average molecular weight is 462 g/mol. The molecule has 160 valence electrons. The SMILES string of the molecule is Cc1cc(N2CCCC2)c(F)cc1/C=C1\C(=O)NC(=O)N(c2ccc(Cl)c(Cl)c2)C1=O. The summed E-state index contributed by atoms with van der Waals surface area (Å²) in [5, 5.41) is 2.54. The number of benzene rings is 2. The molecule has 2 aliphatic heterocycles. The van der Waals surface area contributed by atoms with Crippen LogP contribution in [0, 0.1) is 12.7 Å². The maximum absolute atomic E-state index is 14.8. The molecular formula is C22H18Cl2FN3O3. The highest BCUT2D eigenvalue weighted by molar-refractivity contribution is 6.43. The molecule has 31 heavy (non-hydrogen) atoms. The van der Waals surface area contributed by atoms with E-state index in [1.807, 2.05) is 4.90 Å². The summed E-state index contributed by atoms with van der Waals surface area (Å²) >= 11 is 11.9. The minimum Gasteiger partial charge on any atom is -0.369 e. The molecule has 0 atom stereocenters. The van der Waals surface area contributed by atoms with E-state index in [-0.39, 0.29) is 21.3 Å². The highest BCUT2D eigenvalue weighted by Gasteiger charge is 2.37. The summed E-state index contributed by atoms with van der Waals surface area (Å²) < 4.78 is 14.8. The third kappa shape index (κ3) is 4.03. The first kappa shape index (κ1) is 21.3. The predicted molar refractivity (Wildman–Crippen MR) is 118 cm³/mol. The molecule has 2 saturated heterocycles. The first-order valence-corrected chi connectivity index (χ1v) is 10.4. The van der Waals surface area contributed by atoms with E-state index in [1.54, 1.807) is 13.0 Å². The molecule has 4 amide bonds. The van der Waals surface area contributed by atoms with Crippen LogP contribution in [0.2, 0.25) is 10.0 Å². The van der Waals surface area contributed by atoms with Gasteiger partial charge in [-0.3, -0.25) is 14.9 Å². The standard InChI is InChI=1S/C22H18Cl2FN3O3/c1-12-8-19(27-6-2-3-7-27)18(25)10-13(12)9-15-20(29)26-22(31)28(21(15)30)14-4-5-16(23)17(24)11-14/h4-5,8-11H,2-3,6-7H2,1H3,(H,26,29,31)/b15-9+. The quantitative estimate of drug-likeness (QED) is 0.530. The zero-order chi connectivity index (χ0) is 22.3. The van der Waals surface area contributed by atoms with Crippen molar-refractivity contribution in [2.75, 3.05) is 22.9 Å². The number of imide groups is 2. The van der Waals surface area contributed by atoms with E-state index in [4.69, 9.17) is 23.2 Å². The van der Waals surface area contributed by atoms with Crippen molar-refractivity contribution in [3.05, 3.63) is 62.9 Å². The lowest BCUT2D eigenvalue weighted by molar-refractivity contribution is -0.122. The van der Waals surface area contributed by atoms with Gasteiger partial charge in [0.15, 0.2) is 0 Å². The van der Waals surface area contributed by atoms with Crippen molar-refractivity contribution in [2.24, 2.45) is 0 Å². The summed E-state index contributed by atoms with van der Waals surface area (Å²) in [6, 6.07) is 6.34. The lowest BCUT2D eigenvalue weighted by Gasteiger charge is -2.26. The van der Waals surface area contributed by atoms with E-state index in [0.29, 0.717) is 16.8 Å². The van der Waals surface area contributed by atoms with Gasteiger partial charge in [0.05, 0.1) is 21.4 Å². The van der Waals surface area contributed by atoms with Gasteiger partial charge < -0.3 is 4.90 Å². The molecule has 0 unspecified atom stereocenters. The minimum absolute atomic E-state index is 0.151. The van der Waals surface area contributed by atoms with Crippen molar-refractivity contribution in [2.45, 2.75) is 19.8 Å². The van der Waals surface area contributed by atoms with Gasteiger partial charge in [0.2, 0.25) is 0 Å². The van der Waals surface area contributed by atoms with Crippen LogP contribution in [0.15, 0.2) is 35.9 Å². The van der Waals surface area contributed by atoms with Gasteiger partial charge in [-0.05, 0) is 67.3 Å². The first-order chi connectivity index (χ1) is 14.8. The average Bonchev–Trinajstić information content (AvgIpc) is 3.24. The van der Waals surface area contributed by atoms with Gasteiger partial charge in [0.25, 0.3) is 11.8 Å². The summed E-state index contributed by atoms with van der Waals surface area (Å²) in [5.41, 5.74) is 1.45. The van der Waals surface area contributed by atoms with E-state index in [2.05, 4.69) is 5.32 Å². The third-order valence-electron chi connectivity index (χ3n) is 5.35. The normalized spacial score (nSPS) is 18.2. The molecule has 0 aromatic heterocycles. The molecule has 0 aliphatic carbocycles. The van der Waals surface area contributed by atoms with Crippen LogP contribution >= 0.6 is 23.2 Å². The summed E-state index contributed by atoms with van der Waals surface area (Å²) in [7, 11) is 0. The molecule has 2 fully saturated rings. The largest absolute Gasteiger partial charge is 0.369 e. The number of hydrogen-bond acceptors (Lipinski definition) is 4. The lowest BCUT2D eigenvalue weighted by atomic mass is 10.0. The predicted octanol–water partition coefficient (Wildman–Crippen LogP) is 4.71. The smallest absolute Gasteiger partial charge is 0.335 e. The molecular weight excluding hydrogens is 444 g/mol. The Bertz CT molecular complexity index is 1140. The second kappa shape index (κ2) is 8.32. The molecule has 0 bridgehead atoms. The van der Waals surface area contributed by atoms with E-state index < -0.39 is 23.7 Å². The Morgan fingerprint density at radius 2 is 1.74 bits per heavy atom. The van der Waals surface area contributed by atoms with Crippen LogP contribution < -0.4 is 15.1 Å². The number of aryl methyl sites for hydroxylation is 1. The maximum Gasteiger partial charge on any atom is 0.335 e. The number of carbonyl (C=O) groups is 3. The van der Waals surface area contributed by atoms with Crippen molar-refractivity contribution in [1.29, 1.82) is 0 Å². The molecule has 2 aliphatic rings. The van der Waals surface area contributed by atoms with Crippen LogP contribution in [0.1, 0.15) is 24.0 Å². The maximum atomic E-state index is 14.8. The second-order valence-electron chi connectivity index (χ2n) is 7.41. The zero-order valence-electron chi connectivity index (χ0n) is 16.5. The molecule has 0 radical (unpaired) electrons. The molecule has 6 nitrogen and oxygen atoms in total. The summed E-state index contributed by atoms with van der Waals surface area (Å²) in [5.74, 6) is -2.12. The molecule has 2 heterocycles.